The smallest absolute Gasteiger partial charge is 0.150 e. The summed E-state index contributed by atoms with van der Waals surface area (Å²) in [5.41, 5.74) is 1.38. The van der Waals surface area contributed by atoms with Gasteiger partial charge in [-0.25, -0.2) is 0 Å². The number of benzene rings is 2. The van der Waals surface area contributed by atoms with Crippen LogP contribution in [-0.2, 0) is 6.61 Å². The number of ether oxygens (including phenoxy) is 1. The van der Waals surface area contributed by atoms with Gasteiger partial charge in [0.05, 0.1) is 0 Å². The molecule has 0 radical (unpaired) electrons. The Labute approximate surface area is 129 Å². The number of hydrogen-bond donors (Lipinski definition) is 0. The highest BCUT2D eigenvalue weighted by Crippen LogP contribution is 2.25. The van der Waals surface area contributed by atoms with Crippen LogP contribution in [0.2, 0.25) is 10.0 Å². The molecule has 19 heavy (non-hydrogen) atoms. The molecule has 0 fully saturated rings. The lowest BCUT2D eigenvalue weighted by Gasteiger charge is -2.09. The number of carbonyl (C=O) groups is 1. The molecule has 2 nitrogen and oxygen atoms in total. The standard InChI is InChI=1S/C14H9BrCl2O2/c15-11-3-9(7-18)4-13(5-11)19-8-10-1-2-12(16)6-14(10)17/h1-7H,8H2. The third-order valence-electron chi connectivity index (χ3n) is 2.44. The minimum Gasteiger partial charge on any atom is -0.489 e. The average Bonchev–Trinajstić information content (AvgIpc) is 2.37. The summed E-state index contributed by atoms with van der Waals surface area (Å²) < 4.78 is 6.41. The Hall–Kier alpha value is -1.03. The van der Waals surface area contributed by atoms with Crippen LogP contribution in [0.1, 0.15) is 15.9 Å². The van der Waals surface area contributed by atoms with E-state index in [4.69, 9.17) is 27.9 Å². The maximum absolute atomic E-state index is 10.8. The van der Waals surface area contributed by atoms with E-state index in [9.17, 15) is 4.79 Å². The quantitative estimate of drug-likeness (QED) is 0.706. The molecule has 2 aromatic carbocycles. The highest BCUT2D eigenvalue weighted by molar-refractivity contribution is 9.10. The zero-order valence-electron chi connectivity index (χ0n) is 9.70. The van der Waals surface area contributed by atoms with Gasteiger partial charge in [0.2, 0.25) is 0 Å². The van der Waals surface area contributed by atoms with Crippen molar-refractivity contribution in [3.8, 4) is 5.75 Å². The maximum atomic E-state index is 10.8. The fourth-order valence-electron chi connectivity index (χ4n) is 1.54. The minimum absolute atomic E-state index is 0.310. The minimum atomic E-state index is 0.310. The van der Waals surface area contributed by atoms with Crippen LogP contribution >= 0.6 is 39.1 Å². The molecular weight excluding hydrogens is 351 g/mol. The Morgan fingerprint density at radius 2 is 1.95 bits per heavy atom. The zero-order chi connectivity index (χ0) is 13.8. The number of halogens is 3. The average molecular weight is 360 g/mol. The number of rotatable bonds is 4. The van der Waals surface area contributed by atoms with Crippen molar-refractivity contribution in [1.82, 2.24) is 0 Å². The molecule has 2 rings (SSSR count). The zero-order valence-corrected chi connectivity index (χ0v) is 12.8. The first-order valence-electron chi connectivity index (χ1n) is 5.41. The van der Waals surface area contributed by atoms with Gasteiger partial charge in [0.15, 0.2) is 0 Å². The van der Waals surface area contributed by atoms with Crippen LogP contribution in [0.25, 0.3) is 0 Å². The van der Waals surface area contributed by atoms with E-state index in [1.807, 2.05) is 6.07 Å². The predicted molar refractivity (Wildman–Crippen MR) is 80.3 cm³/mol. The van der Waals surface area contributed by atoms with Crippen LogP contribution in [0, 0.1) is 0 Å². The molecule has 0 spiro atoms. The molecule has 2 aromatic rings. The summed E-state index contributed by atoms with van der Waals surface area (Å²) in [5.74, 6) is 0.600. The summed E-state index contributed by atoms with van der Waals surface area (Å²) in [7, 11) is 0. The third-order valence-corrected chi connectivity index (χ3v) is 3.48. The first kappa shape index (κ1) is 14.4. The Kier molecular flexibility index (Phi) is 4.86. The lowest BCUT2D eigenvalue weighted by atomic mass is 10.2. The van der Waals surface area contributed by atoms with Crippen molar-refractivity contribution < 1.29 is 9.53 Å². The van der Waals surface area contributed by atoms with Crippen LogP contribution in [-0.4, -0.2) is 6.29 Å². The van der Waals surface area contributed by atoms with Gasteiger partial charge < -0.3 is 4.74 Å². The predicted octanol–water partition coefficient (Wildman–Crippen LogP) is 5.15. The molecular formula is C14H9BrCl2O2. The topological polar surface area (TPSA) is 26.3 Å². The second kappa shape index (κ2) is 6.42. The molecule has 0 unspecified atom stereocenters. The van der Waals surface area contributed by atoms with Gasteiger partial charge in [-0.2, -0.15) is 0 Å². The molecule has 0 N–H and O–H groups in total. The molecule has 0 heterocycles. The summed E-state index contributed by atoms with van der Waals surface area (Å²) in [5, 5.41) is 1.14. The van der Waals surface area contributed by atoms with Crippen LogP contribution in [0.4, 0.5) is 0 Å². The summed E-state index contributed by atoms with van der Waals surface area (Å²) in [6, 6.07) is 10.4. The monoisotopic (exact) mass is 358 g/mol. The van der Waals surface area contributed by atoms with Gasteiger partial charge >= 0.3 is 0 Å². The van der Waals surface area contributed by atoms with E-state index in [0.29, 0.717) is 28.0 Å². The van der Waals surface area contributed by atoms with Crippen molar-refractivity contribution in [3.05, 3.63) is 62.0 Å². The SMILES string of the molecule is O=Cc1cc(Br)cc(OCc2ccc(Cl)cc2Cl)c1. The molecule has 0 atom stereocenters. The van der Waals surface area contributed by atoms with Crippen molar-refractivity contribution in [2.24, 2.45) is 0 Å². The lowest BCUT2D eigenvalue weighted by Crippen LogP contribution is -1.97. The Bertz CT molecular complexity index is 614. The third kappa shape index (κ3) is 3.96. The Morgan fingerprint density at radius 3 is 2.63 bits per heavy atom. The Morgan fingerprint density at radius 1 is 1.16 bits per heavy atom. The molecule has 0 aromatic heterocycles. The van der Waals surface area contributed by atoms with E-state index in [1.165, 1.54) is 0 Å². The molecule has 0 amide bonds. The molecule has 0 aliphatic carbocycles. The molecule has 98 valence electrons. The maximum Gasteiger partial charge on any atom is 0.150 e. The summed E-state index contributed by atoms with van der Waals surface area (Å²) >= 11 is 15.2. The summed E-state index contributed by atoms with van der Waals surface area (Å²) in [4.78, 5) is 10.8. The van der Waals surface area contributed by atoms with Crippen LogP contribution in [0.15, 0.2) is 40.9 Å². The van der Waals surface area contributed by atoms with Gasteiger partial charge in [-0.1, -0.05) is 45.2 Å². The highest BCUT2D eigenvalue weighted by atomic mass is 79.9. The number of carbonyl (C=O) groups excluding carboxylic acids is 1. The van der Waals surface area contributed by atoms with Crippen molar-refractivity contribution in [3.63, 3.8) is 0 Å². The van der Waals surface area contributed by atoms with E-state index in [2.05, 4.69) is 15.9 Å². The van der Waals surface area contributed by atoms with E-state index >= 15 is 0 Å². The van der Waals surface area contributed by atoms with E-state index < -0.39 is 0 Å². The second-order valence-corrected chi connectivity index (χ2v) is 5.62. The van der Waals surface area contributed by atoms with Gasteiger partial charge in [-0.15, -0.1) is 0 Å². The fraction of sp³-hybridized carbons (Fsp3) is 0.0714. The van der Waals surface area contributed by atoms with Gasteiger partial charge in [-0.3, -0.25) is 4.79 Å². The van der Waals surface area contributed by atoms with Gasteiger partial charge in [0, 0.05) is 25.6 Å². The van der Waals surface area contributed by atoms with E-state index in [-0.39, 0.29) is 0 Å². The normalized spacial score (nSPS) is 10.3. The van der Waals surface area contributed by atoms with Gasteiger partial charge in [0.25, 0.3) is 0 Å². The highest BCUT2D eigenvalue weighted by Gasteiger charge is 2.04. The first-order valence-corrected chi connectivity index (χ1v) is 6.96. The molecule has 0 saturated carbocycles. The van der Waals surface area contributed by atoms with Crippen molar-refractivity contribution in [2.45, 2.75) is 6.61 Å². The Balaban J connectivity index is 2.14. The summed E-state index contributed by atoms with van der Waals surface area (Å²) in [6.07, 6.45) is 0.771. The lowest BCUT2D eigenvalue weighted by molar-refractivity contribution is 0.112. The van der Waals surface area contributed by atoms with Gasteiger partial charge in [-0.05, 0) is 30.3 Å². The van der Waals surface area contributed by atoms with Crippen LogP contribution < -0.4 is 4.74 Å². The summed E-state index contributed by atoms with van der Waals surface area (Å²) in [6.45, 7) is 0.310. The molecule has 0 bridgehead atoms. The molecule has 0 aliphatic heterocycles. The molecule has 0 aliphatic rings. The molecule has 5 heteroatoms. The van der Waals surface area contributed by atoms with E-state index in [1.54, 1.807) is 30.3 Å². The molecule has 0 saturated heterocycles. The second-order valence-electron chi connectivity index (χ2n) is 3.86. The largest absolute Gasteiger partial charge is 0.489 e. The van der Waals surface area contributed by atoms with E-state index in [0.717, 1.165) is 16.3 Å². The fourth-order valence-corrected chi connectivity index (χ4v) is 2.49. The first-order chi connectivity index (χ1) is 9.08. The van der Waals surface area contributed by atoms with Crippen LogP contribution in [0.3, 0.4) is 0 Å². The van der Waals surface area contributed by atoms with Crippen molar-refractivity contribution >= 4 is 45.4 Å². The number of hydrogen-bond acceptors (Lipinski definition) is 2. The van der Waals surface area contributed by atoms with Crippen molar-refractivity contribution in [1.29, 1.82) is 0 Å². The van der Waals surface area contributed by atoms with Crippen LogP contribution in [0.5, 0.6) is 5.75 Å². The number of aldehydes is 1. The van der Waals surface area contributed by atoms with Gasteiger partial charge in [0.1, 0.15) is 18.6 Å². The van der Waals surface area contributed by atoms with Crippen molar-refractivity contribution in [2.75, 3.05) is 0 Å².